The normalized spacial score (nSPS) is 10.0. The summed E-state index contributed by atoms with van der Waals surface area (Å²) in [5.41, 5.74) is 0.608. The minimum Gasteiger partial charge on any atom is -0.480 e. The molecule has 0 aliphatic heterocycles. The maximum atomic E-state index is 11.7. The number of carbonyl (C=O) groups excluding carboxylic acids is 1. The average molecular weight is 266 g/mol. The molecule has 0 atom stereocenters. The highest BCUT2D eigenvalue weighted by Crippen LogP contribution is 2.20. The molecule has 0 aliphatic rings. The summed E-state index contributed by atoms with van der Waals surface area (Å²) in [5, 5.41) is 11.6. The SMILES string of the molecule is C#CCOc1ccccc1/C=C(\C#N)C(=O)NCC=C. The zero-order chi connectivity index (χ0) is 14.8. The van der Waals surface area contributed by atoms with Crippen molar-refractivity contribution in [3.63, 3.8) is 0 Å². The van der Waals surface area contributed by atoms with Crippen LogP contribution in [0, 0.1) is 23.7 Å². The van der Waals surface area contributed by atoms with Gasteiger partial charge in [-0.15, -0.1) is 13.0 Å². The first kappa shape index (κ1) is 15.1. The van der Waals surface area contributed by atoms with Gasteiger partial charge in [0, 0.05) is 12.1 Å². The van der Waals surface area contributed by atoms with E-state index in [9.17, 15) is 4.79 Å². The van der Waals surface area contributed by atoms with E-state index in [1.54, 1.807) is 24.3 Å². The van der Waals surface area contributed by atoms with Gasteiger partial charge in [-0.3, -0.25) is 4.79 Å². The minimum atomic E-state index is -0.459. The highest BCUT2D eigenvalue weighted by molar-refractivity contribution is 6.02. The van der Waals surface area contributed by atoms with Crippen molar-refractivity contribution in [1.82, 2.24) is 5.32 Å². The van der Waals surface area contributed by atoms with E-state index in [2.05, 4.69) is 17.8 Å². The smallest absolute Gasteiger partial charge is 0.262 e. The highest BCUT2D eigenvalue weighted by Gasteiger charge is 2.09. The van der Waals surface area contributed by atoms with E-state index in [0.29, 0.717) is 17.9 Å². The first-order valence-electron chi connectivity index (χ1n) is 5.89. The third-order valence-corrected chi connectivity index (χ3v) is 2.30. The van der Waals surface area contributed by atoms with E-state index < -0.39 is 5.91 Å². The fraction of sp³-hybridized carbons (Fsp3) is 0.125. The van der Waals surface area contributed by atoms with Gasteiger partial charge in [-0.05, 0) is 12.1 Å². The van der Waals surface area contributed by atoms with Gasteiger partial charge in [0.15, 0.2) is 0 Å². The Balaban J connectivity index is 3.01. The number of terminal acetylenes is 1. The summed E-state index contributed by atoms with van der Waals surface area (Å²) in [5.74, 6) is 2.43. The van der Waals surface area contributed by atoms with Crippen molar-refractivity contribution in [2.24, 2.45) is 0 Å². The highest BCUT2D eigenvalue weighted by atomic mass is 16.5. The average Bonchev–Trinajstić information content (AvgIpc) is 2.49. The summed E-state index contributed by atoms with van der Waals surface area (Å²) in [7, 11) is 0. The number of hydrogen-bond donors (Lipinski definition) is 1. The van der Waals surface area contributed by atoms with Crippen LogP contribution in [-0.2, 0) is 4.79 Å². The predicted octanol–water partition coefficient (Wildman–Crippen LogP) is 1.91. The first-order chi connectivity index (χ1) is 9.72. The number of ether oxygens (including phenoxy) is 1. The molecule has 0 unspecified atom stereocenters. The van der Waals surface area contributed by atoms with Crippen LogP contribution in [0.3, 0.4) is 0 Å². The lowest BCUT2D eigenvalue weighted by Gasteiger charge is -2.07. The number of nitriles is 1. The van der Waals surface area contributed by atoms with Crippen molar-refractivity contribution in [3.8, 4) is 24.2 Å². The summed E-state index contributed by atoms with van der Waals surface area (Å²) >= 11 is 0. The second kappa shape index (κ2) is 8.18. The van der Waals surface area contributed by atoms with E-state index in [1.165, 1.54) is 12.2 Å². The molecule has 1 amide bonds. The van der Waals surface area contributed by atoms with Crippen LogP contribution in [0.2, 0.25) is 0 Å². The van der Waals surface area contributed by atoms with Gasteiger partial charge in [0.25, 0.3) is 5.91 Å². The summed E-state index contributed by atoms with van der Waals surface area (Å²) in [6.45, 7) is 3.91. The summed E-state index contributed by atoms with van der Waals surface area (Å²) in [6, 6.07) is 8.89. The number of para-hydroxylation sites is 1. The Morgan fingerprint density at radius 3 is 2.90 bits per heavy atom. The topological polar surface area (TPSA) is 62.1 Å². The molecule has 0 spiro atoms. The molecule has 1 aromatic rings. The number of rotatable bonds is 6. The first-order valence-corrected chi connectivity index (χ1v) is 5.89. The van der Waals surface area contributed by atoms with Gasteiger partial charge < -0.3 is 10.1 Å². The quantitative estimate of drug-likeness (QED) is 0.370. The number of carbonyl (C=O) groups is 1. The Bertz CT molecular complexity index is 604. The molecule has 0 fully saturated rings. The van der Waals surface area contributed by atoms with Crippen molar-refractivity contribution >= 4 is 12.0 Å². The maximum Gasteiger partial charge on any atom is 0.262 e. The lowest BCUT2D eigenvalue weighted by Crippen LogP contribution is -2.24. The molecule has 0 aromatic heterocycles. The van der Waals surface area contributed by atoms with Crippen LogP contribution in [0.25, 0.3) is 6.08 Å². The standard InChI is InChI=1S/C16H14N2O2/c1-3-9-18-16(19)14(12-17)11-13-7-5-6-8-15(13)20-10-4-2/h2-3,5-8,11H,1,9-10H2,(H,18,19)/b14-11+. The fourth-order valence-electron chi connectivity index (χ4n) is 1.41. The van der Waals surface area contributed by atoms with Crippen molar-refractivity contribution in [1.29, 1.82) is 5.26 Å². The Hall–Kier alpha value is -2.98. The Morgan fingerprint density at radius 1 is 1.50 bits per heavy atom. The Labute approximate surface area is 118 Å². The van der Waals surface area contributed by atoms with Crippen molar-refractivity contribution in [2.45, 2.75) is 0 Å². The lowest BCUT2D eigenvalue weighted by atomic mass is 10.1. The van der Waals surface area contributed by atoms with Crippen LogP contribution < -0.4 is 10.1 Å². The maximum absolute atomic E-state index is 11.7. The fourth-order valence-corrected chi connectivity index (χ4v) is 1.41. The van der Waals surface area contributed by atoms with Gasteiger partial charge in [0.2, 0.25) is 0 Å². The van der Waals surface area contributed by atoms with Crippen LogP contribution in [0.5, 0.6) is 5.75 Å². The molecule has 0 saturated carbocycles. The number of hydrogen-bond acceptors (Lipinski definition) is 3. The Kier molecular flexibility index (Phi) is 6.17. The molecule has 100 valence electrons. The molecule has 4 heteroatoms. The monoisotopic (exact) mass is 266 g/mol. The molecule has 1 rings (SSSR count). The molecule has 0 heterocycles. The molecule has 0 radical (unpaired) electrons. The Morgan fingerprint density at radius 2 is 2.25 bits per heavy atom. The van der Waals surface area contributed by atoms with Gasteiger partial charge in [-0.1, -0.05) is 30.2 Å². The third kappa shape index (κ3) is 4.36. The van der Waals surface area contributed by atoms with Crippen LogP contribution in [0.15, 0.2) is 42.5 Å². The van der Waals surface area contributed by atoms with E-state index in [4.69, 9.17) is 16.4 Å². The molecule has 1 aromatic carbocycles. The predicted molar refractivity (Wildman–Crippen MR) is 77.6 cm³/mol. The van der Waals surface area contributed by atoms with Gasteiger partial charge >= 0.3 is 0 Å². The second-order valence-corrected chi connectivity index (χ2v) is 3.70. The molecule has 1 N–H and O–H groups in total. The second-order valence-electron chi connectivity index (χ2n) is 3.70. The summed E-state index contributed by atoms with van der Waals surface area (Å²) in [6.07, 6.45) is 8.14. The zero-order valence-electron chi connectivity index (χ0n) is 10.9. The van der Waals surface area contributed by atoms with Crippen LogP contribution in [-0.4, -0.2) is 19.1 Å². The lowest BCUT2D eigenvalue weighted by molar-refractivity contribution is -0.116. The molecular formula is C16H14N2O2. The molecule has 20 heavy (non-hydrogen) atoms. The van der Waals surface area contributed by atoms with Crippen LogP contribution in [0.1, 0.15) is 5.56 Å². The van der Waals surface area contributed by atoms with Gasteiger partial charge in [-0.2, -0.15) is 5.26 Å². The number of nitrogens with zero attached hydrogens (tertiary/aromatic N) is 1. The number of benzene rings is 1. The van der Waals surface area contributed by atoms with E-state index in [-0.39, 0.29) is 12.2 Å². The van der Waals surface area contributed by atoms with Crippen LogP contribution >= 0.6 is 0 Å². The van der Waals surface area contributed by atoms with Crippen molar-refractivity contribution in [2.75, 3.05) is 13.2 Å². The molecule has 0 saturated heterocycles. The molecular weight excluding hydrogens is 252 g/mol. The van der Waals surface area contributed by atoms with E-state index in [0.717, 1.165) is 0 Å². The number of nitrogens with one attached hydrogen (secondary N) is 1. The van der Waals surface area contributed by atoms with Gasteiger partial charge in [0.1, 0.15) is 24.0 Å². The minimum absolute atomic E-state index is 0.0105. The number of amides is 1. The summed E-state index contributed by atoms with van der Waals surface area (Å²) < 4.78 is 5.35. The third-order valence-electron chi connectivity index (χ3n) is 2.30. The van der Waals surface area contributed by atoms with Crippen molar-refractivity contribution < 1.29 is 9.53 Å². The molecule has 4 nitrogen and oxygen atoms in total. The largest absolute Gasteiger partial charge is 0.480 e. The van der Waals surface area contributed by atoms with Gasteiger partial charge in [0.05, 0.1) is 0 Å². The van der Waals surface area contributed by atoms with Gasteiger partial charge in [-0.25, -0.2) is 0 Å². The zero-order valence-corrected chi connectivity index (χ0v) is 10.9. The molecule has 0 bridgehead atoms. The van der Waals surface area contributed by atoms with E-state index in [1.807, 2.05) is 6.07 Å². The summed E-state index contributed by atoms with van der Waals surface area (Å²) in [4.78, 5) is 11.7. The van der Waals surface area contributed by atoms with E-state index >= 15 is 0 Å². The van der Waals surface area contributed by atoms with Crippen LogP contribution in [0.4, 0.5) is 0 Å². The molecule has 0 aliphatic carbocycles. The van der Waals surface area contributed by atoms with Crippen molar-refractivity contribution in [3.05, 3.63) is 48.1 Å².